The topological polar surface area (TPSA) is 61.0 Å². The summed E-state index contributed by atoms with van der Waals surface area (Å²) in [5.41, 5.74) is 3.75. The van der Waals surface area contributed by atoms with Crippen LogP contribution in [0.5, 0.6) is 0 Å². The van der Waals surface area contributed by atoms with Crippen LogP contribution in [0.3, 0.4) is 0 Å². The van der Waals surface area contributed by atoms with E-state index in [0.29, 0.717) is 11.5 Å². The normalized spacial score (nSPS) is 14.2. The monoisotopic (exact) mass is 358 g/mol. The molecule has 0 radical (unpaired) electrons. The van der Waals surface area contributed by atoms with Crippen LogP contribution < -0.4 is 9.80 Å². The Morgan fingerprint density at radius 3 is 2.15 bits per heavy atom. The predicted octanol–water partition coefficient (Wildman–Crippen LogP) is 3.03. The largest absolute Gasteiger partial charge is 0.368 e. The van der Waals surface area contributed by atoms with Crippen LogP contribution in [-0.4, -0.2) is 41.2 Å². The van der Waals surface area contributed by atoms with Gasteiger partial charge < -0.3 is 9.80 Å². The quantitative estimate of drug-likeness (QED) is 0.717. The number of aryl methyl sites for hydroxylation is 1. The summed E-state index contributed by atoms with van der Waals surface area (Å²) in [6.07, 6.45) is 0.993. The molecule has 0 amide bonds. The minimum Gasteiger partial charge on any atom is -0.368 e. The minimum atomic E-state index is 0.378. The van der Waals surface area contributed by atoms with Crippen LogP contribution >= 0.6 is 0 Å². The molecule has 0 bridgehead atoms. The summed E-state index contributed by atoms with van der Waals surface area (Å²) in [5.74, 6) is 0.671. The van der Waals surface area contributed by atoms with Crippen molar-refractivity contribution in [2.24, 2.45) is 0 Å². The summed E-state index contributed by atoms with van der Waals surface area (Å²) in [6.45, 7) is 5.55. The number of nitriles is 1. The first-order valence-corrected chi connectivity index (χ1v) is 9.30. The van der Waals surface area contributed by atoms with Crippen molar-refractivity contribution in [1.29, 1.82) is 5.26 Å². The molecule has 27 heavy (non-hydrogen) atoms. The molecular formula is C21H22N6. The standard InChI is InChI=1S/C21H22N6/c1-2-17-8-10-19(11-9-17)27-23-20(16-22)21(24-27)26-14-12-25(13-15-26)18-6-4-3-5-7-18/h3-11H,2,12-15H2,1H3. The van der Waals surface area contributed by atoms with E-state index in [1.807, 2.05) is 18.2 Å². The third kappa shape index (κ3) is 3.49. The van der Waals surface area contributed by atoms with E-state index in [-0.39, 0.29) is 0 Å². The summed E-state index contributed by atoms with van der Waals surface area (Å²) in [5, 5.41) is 18.5. The molecule has 1 aliphatic heterocycles. The van der Waals surface area contributed by atoms with Gasteiger partial charge in [0.15, 0.2) is 5.82 Å². The number of nitrogens with zero attached hydrogens (tertiary/aromatic N) is 6. The van der Waals surface area contributed by atoms with Crippen LogP contribution in [0.4, 0.5) is 11.5 Å². The molecule has 4 rings (SSSR count). The van der Waals surface area contributed by atoms with Crippen molar-refractivity contribution in [2.75, 3.05) is 36.0 Å². The van der Waals surface area contributed by atoms with Crippen LogP contribution in [0.1, 0.15) is 18.2 Å². The van der Waals surface area contributed by atoms with E-state index < -0.39 is 0 Å². The lowest BCUT2D eigenvalue weighted by Crippen LogP contribution is -2.47. The fourth-order valence-corrected chi connectivity index (χ4v) is 3.38. The Hall–Kier alpha value is -3.33. The zero-order valence-corrected chi connectivity index (χ0v) is 15.4. The summed E-state index contributed by atoms with van der Waals surface area (Å²) in [4.78, 5) is 6.08. The minimum absolute atomic E-state index is 0.378. The first-order valence-electron chi connectivity index (χ1n) is 9.30. The highest BCUT2D eigenvalue weighted by molar-refractivity contribution is 5.53. The molecule has 6 heteroatoms. The lowest BCUT2D eigenvalue weighted by molar-refractivity contribution is 0.641. The van der Waals surface area contributed by atoms with Gasteiger partial charge in [0, 0.05) is 31.9 Å². The highest BCUT2D eigenvalue weighted by atomic mass is 15.5. The van der Waals surface area contributed by atoms with E-state index in [0.717, 1.165) is 38.3 Å². The highest BCUT2D eigenvalue weighted by Gasteiger charge is 2.23. The van der Waals surface area contributed by atoms with E-state index >= 15 is 0 Å². The van der Waals surface area contributed by atoms with Crippen molar-refractivity contribution in [3.63, 3.8) is 0 Å². The maximum absolute atomic E-state index is 9.52. The molecule has 1 saturated heterocycles. The van der Waals surface area contributed by atoms with Crippen molar-refractivity contribution in [2.45, 2.75) is 13.3 Å². The number of anilines is 2. The Kier molecular flexibility index (Phi) is 4.75. The van der Waals surface area contributed by atoms with Crippen LogP contribution in [0, 0.1) is 11.3 Å². The third-order valence-corrected chi connectivity index (χ3v) is 4.98. The SMILES string of the molecule is CCc1ccc(-n2nc(C#N)c(N3CCN(c4ccccc4)CC3)n2)cc1. The number of para-hydroxylation sites is 1. The van der Waals surface area contributed by atoms with Crippen molar-refractivity contribution < 1.29 is 0 Å². The second-order valence-corrected chi connectivity index (χ2v) is 6.60. The molecule has 0 unspecified atom stereocenters. The molecule has 1 fully saturated rings. The Morgan fingerprint density at radius 1 is 0.852 bits per heavy atom. The number of aromatic nitrogens is 3. The third-order valence-electron chi connectivity index (χ3n) is 4.98. The van der Waals surface area contributed by atoms with Crippen molar-refractivity contribution in [3.05, 3.63) is 65.9 Å². The van der Waals surface area contributed by atoms with Crippen molar-refractivity contribution in [3.8, 4) is 11.8 Å². The van der Waals surface area contributed by atoms with Gasteiger partial charge in [-0.05, 0) is 36.2 Å². The first kappa shape index (κ1) is 17.1. The smallest absolute Gasteiger partial charge is 0.207 e. The van der Waals surface area contributed by atoms with Gasteiger partial charge in [-0.1, -0.05) is 37.3 Å². The molecule has 2 aromatic carbocycles. The van der Waals surface area contributed by atoms with E-state index in [2.05, 4.69) is 69.4 Å². The number of piperazine rings is 1. The van der Waals surface area contributed by atoms with E-state index in [1.165, 1.54) is 11.3 Å². The first-order chi connectivity index (χ1) is 13.3. The summed E-state index contributed by atoms with van der Waals surface area (Å²) >= 11 is 0. The molecule has 3 aromatic rings. The maximum Gasteiger partial charge on any atom is 0.207 e. The van der Waals surface area contributed by atoms with Crippen LogP contribution in [-0.2, 0) is 6.42 Å². The molecule has 0 aliphatic carbocycles. The molecule has 0 saturated carbocycles. The summed E-state index contributed by atoms with van der Waals surface area (Å²) in [7, 11) is 0. The zero-order chi connectivity index (χ0) is 18.6. The Morgan fingerprint density at radius 2 is 1.52 bits per heavy atom. The van der Waals surface area contributed by atoms with Gasteiger partial charge in [0.1, 0.15) is 6.07 Å². The lowest BCUT2D eigenvalue weighted by Gasteiger charge is -2.36. The van der Waals surface area contributed by atoms with Gasteiger partial charge in [0.2, 0.25) is 5.69 Å². The molecule has 2 heterocycles. The second kappa shape index (κ2) is 7.50. The average Bonchev–Trinajstić information content (AvgIpc) is 3.19. The van der Waals surface area contributed by atoms with Crippen molar-refractivity contribution in [1.82, 2.24) is 15.0 Å². The Bertz CT molecular complexity index is 931. The maximum atomic E-state index is 9.52. The van der Waals surface area contributed by atoms with E-state index in [9.17, 15) is 5.26 Å². The second-order valence-electron chi connectivity index (χ2n) is 6.60. The molecular weight excluding hydrogens is 336 g/mol. The van der Waals surface area contributed by atoms with Gasteiger partial charge in [-0.15, -0.1) is 15.0 Å². The fourth-order valence-electron chi connectivity index (χ4n) is 3.38. The molecule has 6 nitrogen and oxygen atoms in total. The molecule has 1 aliphatic rings. The number of benzene rings is 2. The number of hydrogen-bond acceptors (Lipinski definition) is 5. The van der Waals surface area contributed by atoms with Gasteiger partial charge in [-0.25, -0.2) is 0 Å². The molecule has 0 atom stereocenters. The zero-order valence-electron chi connectivity index (χ0n) is 15.4. The van der Waals surface area contributed by atoms with Gasteiger partial charge in [0.25, 0.3) is 0 Å². The number of rotatable bonds is 4. The van der Waals surface area contributed by atoms with Crippen LogP contribution in [0.15, 0.2) is 54.6 Å². The van der Waals surface area contributed by atoms with E-state index in [1.54, 1.807) is 4.80 Å². The van der Waals surface area contributed by atoms with Crippen LogP contribution in [0.25, 0.3) is 5.69 Å². The highest BCUT2D eigenvalue weighted by Crippen LogP contribution is 2.22. The van der Waals surface area contributed by atoms with Gasteiger partial charge in [-0.3, -0.25) is 0 Å². The van der Waals surface area contributed by atoms with Gasteiger partial charge in [-0.2, -0.15) is 5.26 Å². The molecule has 0 N–H and O–H groups in total. The summed E-state index contributed by atoms with van der Waals surface area (Å²) in [6, 6.07) is 20.8. The Balaban J connectivity index is 1.52. The molecule has 1 aromatic heterocycles. The van der Waals surface area contributed by atoms with E-state index in [4.69, 9.17) is 0 Å². The lowest BCUT2D eigenvalue weighted by atomic mass is 10.2. The van der Waals surface area contributed by atoms with Crippen LogP contribution in [0.2, 0.25) is 0 Å². The molecule has 136 valence electrons. The van der Waals surface area contributed by atoms with Crippen molar-refractivity contribution >= 4 is 11.5 Å². The predicted molar refractivity (Wildman–Crippen MR) is 106 cm³/mol. The average molecular weight is 358 g/mol. The number of hydrogen-bond donors (Lipinski definition) is 0. The fraction of sp³-hybridized carbons (Fsp3) is 0.286. The summed E-state index contributed by atoms with van der Waals surface area (Å²) < 4.78 is 0. The molecule has 0 spiro atoms. The van der Waals surface area contributed by atoms with Gasteiger partial charge >= 0.3 is 0 Å². The Labute approximate surface area is 159 Å². The van der Waals surface area contributed by atoms with Gasteiger partial charge in [0.05, 0.1) is 5.69 Å².